The molecule has 184 valence electrons. The first-order chi connectivity index (χ1) is 16.8. The van der Waals surface area contributed by atoms with Crippen LogP contribution in [-0.2, 0) is 14.3 Å². The molecule has 0 spiro atoms. The van der Waals surface area contributed by atoms with Gasteiger partial charge in [0.25, 0.3) is 0 Å². The van der Waals surface area contributed by atoms with E-state index in [1.165, 1.54) is 0 Å². The number of fused-ring (bicyclic) bond motifs is 1. The van der Waals surface area contributed by atoms with Crippen molar-refractivity contribution in [1.29, 1.82) is 0 Å². The van der Waals surface area contributed by atoms with Crippen LogP contribution < -0.4 is 4.74 Å². The fourth-order valence-corrected chi connectivity index (χ4v) is 5.22. The maximum Gasteiger partial charge on any atom is 0.336 e. The molecule has 3 atom stereocenters. The van der Waals surface area contributed by atoms with Gasteiger partial charge >= 0.3 is 5.97 Å². The van der Waals surface area contributed by atoms with Crippen LogP contribution in [0.25, 0.3) is 0 Å². The van der Waals surface area contributed by atoms with Gasteiger partial charge in [0.15, 0.2) is 0 Å². The Bertz CT molecular complexity index is 1170. The number of para-hydroxylation sites is 1. The maximum absolute atomic E-state index is 13.8. The normalized spacial score (nSPS) is 22.1. The monoisotopic (exact) mass is 493 g/mol. The number of esters is 1. The first-order valence-electron chi connectivity index (χ1n) is 12.2. The molecule has 0 bridgehead atoms. The number of allylic oxidation sites excluding steroid dienone is 1. The van der Waals surface area contributed by atoms with Gasteiger partial charge in [0.2, 0.25) is 0 Å². The van der Waals surface area contributed by atoms with Crippen molar-refractivity contribution in [3.05, 3.63) is 76.0 Å². The summed E-state index contributed by atoms with van der Waals surface area (Å²) in [7, 11) is 0. The lowest BCUT2D eigenvalue weighted by Gasteiger charge is -2.38. The summed E-state index contributed by atoms with van der Waals surface area (Å²) in [4.78, 5) is 31.9. The van der Waals surface area contributed by atoms with Gasteiger partial charge in [-0.3, -0.25) is 9.79 Å². The maximum atomic E-state index is 13.8. The number of benzene rings is 2. The minimum absolute atomic E-state index is 0.0276. The zero-order chi connectivity index (χ0) is 25.1. The number of aliphatic imine (C=N–C) groups is 1. The Kier molecular flexibility index (Phi) is 7.75. The molecule has 6 heteroatoms. The lowest BCUT2D eigenvalue weighted by atomic mass is 9.66. The van der Waals surface area contributed by atoms with E-state index in [1.54, 1.807) is 0 Å². The van der Waals surface area contributed by atoms with E-state index < -0.39 is 17.8 Å². The fourth-order valence-electron chi connectivity index (χ4n) is 5.09. The highest BCUT2D eigenvalue weighted by Crippen LogP contribution is 2.48. The number of Topliss-reactive ketones (excluding diaryl/α,β-unsaturated/α-hetero) is 1. The summed E-state index contributed by atoms with van der Waals surface area (Å²) in [5, 5.41) is 0.666. The zero-order valence-corrected chi connectivity index (χ0v) is 21.5. The van der Waals surface area contributed by atoms with Crippen LogP contribution in [0.4, 0.5) is 0 Å². The third-order valence-electron chi connectivity index (χ3n) is 6.62. The van der Waals surface area contributed by atoms with Crippen molar-refractivity contribution >= 4 is 29.1 Å². The minimum atomic E-state index is -0.523. The summed E-state index contributed by atoms with van der Waals surface area (Å²) >= 11 is 6.07. The van der Waals surface area contributed by atoms with E-state index in [-0.39, 0.29) is 17.6 Å². The van der Waals surface area contributed by atoms with Crippen molar-refractivity contribution in [1.82, 2.24) is 0 Å². The van der Waals surface area contributed by atoms with Crippen LogP contribution in [0.3, 0.4) is 0 Å². The number of hydrogen-bond donors (Lipinski definition) is 0. The summed E-state index contributed by atoms with van der Waals surface area (Å²) in [5.41, 5.74) is 3.76. The summed E-state index contributed by atoms with van der Waals surface area (Å²) in [6.07, 6.45) is 1.03. The SMILES string of the molecule is CCOc1ccccc1[C@@H]1C(C(=O)OCC(C)C)=C(C)N=C2C[C@@H](c3ccc(Cl)cc3)CC(=O)C21. The molecule has 1 fully saturated rings. The molecule has 1 saturated carbocycles. The Morgan fingerprint density at radius 3 is 2.49 bits per heavy atom. The Balaban J connectivity index is 1.79. The second-order valence-corrected chi connectivity index (χ2v) is 10.1. The molecule has 2 aliphatic rings. The number of rotatable bonds is 7. The van der Waals surface area contributed by atoms with Crippen molar-refractivity contribution in [3.63, 3.8) is 0 Å². The van der Waals surface area contributed by atoms with Crippen molar-refractivity contribution in [2.75, 3.05) is 13.2 Å². The molecule has 4 rings (SSSR count). The molecule has 1 aliphatic heterocycles. The summed E-state index contributed by atoms with van der Waals surface area (Å²) in [6, 6.07) is 15.3. The fraction of sp³-hybridized carbons (Fsp3) is 0.414. The summed E-state index contributed by atoms with van der Waals surface area (Å²) in [6.45, 7) is 8.54. The van der Waals surface area contributed by atoms with Gasteiger partial charge in [0, 0.05) is 34.3 Å². The lowest BCUT2D eigenvalue weighted by molar-refractivity contribution is -0.140. The molecule has 0 amide bonds. The van der Waals surface area contributed by atoms with Gasteiger partial charge in [-0.15, -0.1) is 0 Å². The Morgan fingerprint density at radius 1 is 1.09 bits per heavy atom. The van der Waals surface area contributed by atoms with Gasteiger partial charge < -0.3 is 9.47 Å². The van der Waals surface area contributed by atoms with E-state index in [0.717, 1.165) is 16.8 Å². The van der Waals surface area contributed by atoms with E-state index in [4.69, 9.17) is 26.1 Å². The topological polar surface area (TPSA) is 65.0 Å². The number of carbonyl (C=O) groups excluding carboxylic acids is 2. The van der Waals surface area contributed by atoms with Gasteiger partial charge in [-0.1, -0.05) is 55.8 Å². The van der Waals surface area contributed by atoms with Crippen LogP contribution in [0.15, 0.2) is 64.8 Å². The van der Waals surface area contributed by atoms with Gasteiger partial charge in [-0.05, 0) is 55.9 Å². The second-order valence-electron chi connectivity index (χ2n) is 9.64. The molecule has 35 heavy (non-hydrogen) atoms. The lowest BCUT2D eigenvalue weighted by Crippen LogP contribution is -2.41. The highest BCUT2D eigenvalue weighted by Gasteiger charge is 2.47. The second kappa shape index (κ2) is 10.8. The van der Waals surface area contributed by atoms with Crippen molar-refractivity contribution in [2.24, 2.45) is 16.8 Å². The molecule has 1 aliphatic carbocycles. The van der Waals surface area contributed by atoms with Crippen LogP contribution in [0.2, 0.25) is 5.02 Å². The predicted molar refractivity (Wildman–Crippen MR) is 138 cm³/mol. The van der Waals surface area contributed by atoms with Crippen molar-refractivity contribution in [3.8, 4) is 5.75 Å². The zero-order valence-electron chi connectivity index (χ0n) is 20.7. The van der Waals surface area contributed by atoms with Gasteiger partial charge in [0.1, 0.15) is 11.5 Å². The first-order valence-corrected chi connectivity index (χ1v) is 12.6. The summed E-state index contributed by atoms with van der Waals surface area (Å²) in [5.74, 6) is -0.450. The molecule has 1 unspecified atom stereocenters. The Hall–Kier alpha value is -2.92. The molecule has 0 radical (unpaired) electrons. The predicted octanol–water partition coefficient (Wildman–Crippen LogP) is 6.51. The van der Waals surface area contributed by atoms with Gasteiger partial charge in [-0.25, -0.2) is 4.79 Å². The molecule has 5 nitrogen and oxygen atoms in total. The van der Waals surface area contributed by atoms with E-state index in [1.807, 2.05) is 76.2 Å². The first kappa shape index (κ1) is 25.2. The number of ketones is 1. The van der Waals surface area contributed by atoms with Gasteiger partial charge in [-0.2, -0.15) is 0 Å². The average molecular weight is 494 g/mol. The van der Waals surface area contributed by atoms with Crippen molar-refractivity contribution < 1.29 is 19.1 Å². The van der Waals surface area contributed by atoms with Crippen molar-refractivity contribution in [2.45, 2.75) is 52.4 Å². The summed E-state index contributed by atoms with van der Waals surface area (Å²) < 4.78 is 11.6. The smallest absolute Gasteiger partial charge is 0.336 e. The highest BCUT2D eigenvalue weighted by molar-refractivity contribution is 6.30. The third kappa shape index (κ3) is 5.35. The van der Waals surface area contributed by atoms with Crippen LogP contribution in [0.5, 0.6) is 5.75 Å². The Labute approximate surface area is 212 Å². The molecule has 2 aromatic carbocycles. The molecule has 1 heterocycles. The van der Waals surface area contributed by atoms with E-state index in [0.29, 0.717) is 48.1 Å². The third-order valence-corrected chi connectivity index (χ3v) is 6.87. The molecular formula is C29H32ClNO4. The average Bonchev–Trinajstić information content (AvgIpc) is 2.82. The molecule has 0 aromatic heterocycles. The number of ether oxygens (including phenoxy) is 2. The molecular weight excluding hydrogens is 462 g/mol. The molecule has 2 aromatic rings. The standard InChI is InChI=1S/C29H32ClNO4/c1-5-34-25-9-7-6-8-22(25)27-26(29(33)35-16-17(2)3)18(4)31-23-14-20(15-24(32)28(23)27)19-10-12-21(30)13-11-19/h6-13,17,20,27-28H,5,14-16H2,1-4H3/t20-,27-,28?/m1/s1. The van der Waals surface area contributed by atoms with E-state index in [9.17, 15) is 9.59 Å². The highest BCUT2D eigenvalue weighted by atomic mass is 35.5. The van der Waals surface area contributed by atoms with Crippen LogP contribution >= 0.6 is 11.6 Å². The minimum Gasteiger partial charge on any atom is -0.494 e. The molecule has 0 saturated heterocycles. The number of nitrogens with zero attached hydrogens (tertiary/aromatic N) is 1. The quantitative estimate of drug-likeness (QED) is 0.412. The van der Waals surface area contributed by atoms with Crippen LogP contribution in [0.1, 0.15) is 63.5 Å². The number of halogens is 1. The molecule has 0 N–H and O–H groups in total. The van der Waals surface area contributed by atoms with E-state index >= 15 is 0 Å². The van der Waals surface area contributed by atoms with Crippen LogP contribution in [-0.4, -0.2) is 30.7 Å². The number of hydrogen-bond acceptors (Lipinski definition) is 5. The van der Waals surface area contributed by atoms with Crippen LogP contribution in [0, 0.1) is 11.8 Å². The Morgan fingerprint density at radius 2 is 1.80 bits per heavy atom. The van der Waals surface area contributed by atoms with E-state index in [2.05, 4.69) is 0 Å². The largest absolute Gasteiger partial charge is 0.494 e. The number of carbonyl (C=O) groups is 2. The van der Waals surface area contributed by atoms with Gasteiger partial charge in [0.05, 0.1) is 24.7 Å².